The summed E-state index contributed by atoms with van der Waals surface area (Å²) in [4.78, 5) is 15.1. The van der Waals surface area contributed by atoms with Crippen molar-refractivity contribution in [2.24, 2.45) is 0 Å². The molecule has 1 heterocycles. The molecule has 0 aliphatic rings. The Labute approximate surface area is 169 Å². The van der Waals surface area contributed by atoms with Crippen molar-refractivity contribution >= 4 is 5.91 Å². The van der Waals surface area contributed by atoms with Gasteiger partial charge in [0.05, 0.1) is 5.69 Å². The predicted molar refractivity (Wildman–Crippen MR) is 110 cm³/mol. The average Bonchev–Trinajstić information content (AvgIpc) is 3.33. The van der Waals surface area contributed by atoms with Crippen molar-refractivity contribution in [3.63, 3.8) is 0 Å². The van der Waals surface area contributed by atoms with E-state index in [4.69, 9.17) is 0 Å². The van der Waals surface area contributed by atoms with Crippen LogP contribution in [0.2, 0.25) is 0 Å². The highest BCUT2D eigenvalue weighted by Crippen LogP contribution is 2.14. The molecule has 6 heteroatoms. The third kappa shape index (κ3) is 4.73. The third-order valence-electron chi connectivity index (χ3n) is 4.74. The molecule has 0 aliphatic carbocycles. The van der Waals surface area contributed by atoms with Gasteiger partial charge >= 0.3 is 0 Å². The summed E-state index contributed by atoms with van der Waals surface area (Å²) in [5.74, 6) is 0.00745. The van der Waals surface area contributed by atoms with Gasteiger partial charge in [0.15, 0.2) is 0 Å². The first-order valence-electron chi connectivity index (χ1n) is 9.50. The number of tetrazole rings is 1. The van der Waals surface area contributed by atoms with Crippen LogP contribution in [0, 0.1) is 0 Å². The Kier molecular flexibility index (Phi) is 5.71. The van der Waals surface area contributed by atoms with Crippen LogP contribution in [-0.2, 0) is 13.0 Å². The molecule has 3 aromatic carbocycles. The SMILES string of the molecule is O=C(c1ccc(-n2cnnn2)cc1)N(CCc1ccccc1)Cc1ccccc1. The molecule has 1 aromatic heterocycles. The highest BCUT2D eigenvalue weighted by Gasteiger charge is 2.16. The Balaban J connectivity index is 1.53. The van der Waals surface area contributed by atoms with Crippen molar-refractivity contribution in [2.75, 3.05) is 6.54 Å². The van der Waals surface area contributed by atoms with E-state index in [1.54, 1.807) is 4.68 Å². The minimum absolute atomic E-state index is 0.00745. The maximum absolute atomic E-state index is 13.2. The van der Waals surface area contributed by atoms with Crippen LogP contribution >= 0.6 is 0 Å². The zero-order chi connectivity index (χ0) is 19.9. The van der Waals surface area contributed by atoms with E-state index >= 15 is 0 Å². The summed E-state index contributed by atoms with van der Waals surface area (Å²) in [5.41, 5.74) is 3.78. The maximum atomic E-state index is 13.2. The van der Waals surface area contributed by atoms with E-state index < -0.39 is 0 Å². The van der Waals surface area contributed by atoms with Crippen LogP contribution < -0.4 is 0 Å². The molecule has 1 amide bonds. The monoisotopic (exact) mass is 383 g/mol. The number of carbonyl (C=O) groups is 1. The molecule has 0 saturated carbocycles. The van der Waals surface area contributed by atoms with E-state index in [-0.39, 0.29) is 5.91 Å². The molecule has 0 fully saturated rings. The van der Waals surface area contributed by atoms with Gasteiger partial charge in [-0.3, -0.25) is 4.79 Å². The second-order valence-corrected chi connectivity index (χ2v) is 6.75. The number of amides is 1. The van der Waals surface area contributed by atoms with Gasteiger partial charge in [-0.1, -0.05) is 60.7 Å². The summed E-state index contributed by atoms with van der Waals surface area (Å²) in [5, 5.41) is 11.2. The molecule has 29 heavy (non-hydrogen) atoms. The Morgan fingerprint density at radius 3 is 2.10 bits per heavy atom. The topological polar surface area (TPSA) is 63.9 Å². The fraction of sp³-hybridized carbons (Fsp3) is 0.130. The minimum Gasteiger partial charge on any atom is -0.334 e. The summed E-state index contributed by atoms with van der Waals surface area (Å²) in [6.45, 7) is 1.22. The van der Waals surface area contributed by atoms with Gasteiger partial charge < -0.3 is 4.90 Å². The number of hydrogen-bond donors (Lipinski definition) is 0. The Bertz CT molecular complexity index is 1030. The van der Waals surface area contributed by atoms with Gasteiger partial charge in [0.1, 0.15) is 6.33 Å². The van der Waals surface area contributed by atoms with Gasteiger partial charge in [0.2, 0.25) is 0 Å². The average molecular weight is 383 g/mol. The van der Waals surface area contributed by atoms with Gasteiger partial charge in [-0.15, -0.1) is 5.10 Å². The standard InChI is InChI=1S/C23H21N5O/c29-23(21-11-13-22(14-12-21)28-18-24-25-26-28)27(17-20-9-5-2-6-10-20)16-15-19-7-3-1-4-8-19/h1-14,18H,15-17H2. The van der Waals surface area contributed by atoms with Crippen LogP contribution in [0.3, 0.4) is 0 Å². The van der Waals surface area contributed by atoms with Crippen LogP contribution in [0.25, 0.3) is 5.69 Å². The van der Waals surface area contributed by atoms with Gasteiger partial charge in [-0.2, -0.15) is 0 Å². The number of hydrogen-bond acceptors (Lipinski definition) is 4. The normalized spacial score (nSPS) is 10.6. The molecule has 4 rings (SSSR count). The fourth-order valence-corrected chi connectivity index (χ4v) is 3.18. The first kappa shape index (κ1) is 18.6. The molecule has 0 aliphatic heterocycles. The zero-order valence-corrected chi connectivity index (χ0v) is 15.9. The third-order valence-corrected chi connectivity index (χ3v) is 4.74. The number of rotatable bonds is 7. The number of nitrogens with zero attached hydrogens (tertiary/aromatic N) is 5. The highest BCUT2D eigenvalue weighted by atomic mass is 16.2. The lowest BCUT2D eigenvalue weighted by Crippen LogP contribution is -2.32. The van der Waals surface area contributed by atoms with Crippen molar-refractivity contribution in [1.82, 2.24) is 25.1 Å². The molecule has 0 atom stereocenters. The van der Waals surface area contributed by atoms with Crippen LogP contribution in [-0.4, -0.2) is 37.6 Å². The first-order valence-corrected chi connectivity index (χ1v) is 9.50. The summed E-state index contributed by atoms with van der Waals surface area (Å²) in [6.07, 6.45) is 2.33. The van der Waals surface area contributed by atoms with E-state index in [9.17, 15) is 4.79 Å². The largest absolute Gasteiger partial charge is 0.334 e. The van der Waals surface area contributed by atoms with E-state index in [2.05, 4.69) is 27.7 Å². The molecule has 0 N–H and O–H groups in total. The highest BCUT2D eigenvalue weighted by molar-refractivity contribution is 5.94. The second kappa shape index (κ2) is 8.93. The molecule has 0 saturated heterocycles. The van der Waals surface area contributed by atoms with Crippen LogP contribution in [0.15, 0.2) is 91.3 Å². The van der Waals surface area contributed by atoms with E-state index in [0.29, 0.717) is 18.7 Å². The van der Waals surface area contributed by atoms with Crippen LogP contribution in [0.4, 0.5) is 0 Å². The van der Waals surface area contributed by atoms with Gasteiger partial charge in [0.25, 0.3) is 5.91 Å². The molecular weight excluding hydrogens is 362 g/mol. The quantitative estimate of drug-likeness (QED) is 0.490. The fourth-order valence-electron chi connectivity index (χ4n) is 3.18. The van der Waals surface area contributed by atoms with Gasteiger partial charge in [0, 0.05) is 18.7 Å². The molecule has 0 radical (unpaired) electrons. The molecule has 144 valence electrons. The number of carbonyl (C=O) groups excluding carboxylic acids is 1. The van der Waals surface area contributed by atoms with Crippen LogP contribution in [0.1, 0.15) is 21.5 Å². The summed E-state index contributed by atoms with van der Waals surface area (Å²) in [7, 11) is 0. The smallest absolute Gasteiger partial charge is 0.254 e. The van der Waals surface area contributed by atoms with E-state index in [0.717, 1.165) is 17.7 Å². The van der Waals surface area contributed by atoms with E-state index in [1.165, 1.54) is 11.9 Å². The van der Waals surface area contributed by atoms with E-state index in [1.807, 2.05) is 77.7 Å². The lowest BCUT2D eigenvalue weighted by atomic mass is 10.1. The van der Waals surface area contributed by atoms with Crippen molar-refractivity contribution in [3.05, 3.63) is 108 Å². The Morgan fingerprint density at radius 2 is 1.48 bits per heavy atom. The van der Waals surface area contributed by atoms with Crippen molar-refractivity contribution in [1.29, 1.82) is 0 Å². The Hall–Kier alpha value is -3.80. The molecule has 6 nitrogen and oxygen atoms in total. The summed E-state index contributed by atoms with van der Waals surface area (Å²) >= 11 is 0. The lowest BCUT2D eigenvalue weighted by Gasteiger charge is -2.23. The first-order chi connectivity index (χ1) is 14.3. The zero-order valence-electron chi connectivity index (χ0n) is 15.9. The van der Waals surface area contributed by atoms with Crippen molar-refractivity contribution < 1.29 is 4.79 Å². The van der Waals surface area contributed by atoms with Crippen molar-refractivity contribution in [2.45, 2.75) is 13.0 Å². The summed E-state index contributed by atoms with van der Waals surface area (Å²) < 4.78 is 1.56. The second-order valence-electron chi connectivity index (χ2n) is 6.75. The number of aromatic nitrogens is 4. The lowest BCUT2D eigenvalue weighted by molar-refractivity contribution is 0.0745. The molecule has 0 unspecified atom stereocenters. The minimum atomic E-state index is 0.00745. The molecule has 4 aromatic rings. The Morgan fingerprint density at radius 1 is 0.828 bits per heavy atom. The van der Waals surface area contributed by atoms with Crippen molar-refractivity contribution in [3.8, 4) is 5.69 Å². The summed E-state index contributed by atoms with van der Waals surface area (Å²) in [6, 6.07) is 27.6. The molecule has 0 spiro atoms. The molecule has 0 bridgehead atoms. The van der Waals surface area contributed by atoms with Gasteiger partial charge in [-0.25, -0.2) is 4.68 Å². The van der Waals surface area contributed by atoms with Crippen LogP contribution in [0.5, 0.6) is 0 Å². The predicted octanol–water partition coefficient (Wildman–Crippen LogP) is 3.55. The van der Waals surface area contributed by atoms with Gasteiger partial charge in [-0.05, 0) is 52.2 Å². The number of benzene rings is 3. The molecular formula is C23H21N5O. The maximum Gasteiger partial charge on any atom is 0.254 e.